The van der Waals surface area contributed by atoms with Gasteiger partial charge in [0.25, 0.3) is 35.4 Å². The largest absolute Gasteiger partial charge is 0.270 e. The molecule has 0 atom stereocenters. The summed E-state index contributed by atoms with van der Waals surface area (Å²) in [6.07, 6.45) is 0. The van der Waals surface area contributed by atoms with Crippen LogP contribution in [0.5, 0.6) is 0 Å². The predicted molar refractivity (Wildman–Crippen MR) is 175 cm³/mol. The number of anilines is 2. The summed E-state index contributed by atoms with van der Waals surface area (Å²) < 4.78 is 0. The number of amides is 6. The van der Waals surface area contributed by atoms with Crippen molar-refractivity contribution in [2.45, 2.75) is 40.0 Å². The number of imide groups is 3. The van der Waals surface area contributed by atoms with Crippen molar-refractivity contribution in [3.8, 4) is 0 Å². The molecule has 0 fully saturated rings. The van der Waals surface area contributed by atoms with Crippen molar-refractivity contribution in [1.82, 2.24) is 4.90 Å². The van der Waals surface area contributed by atoms with Gasteiger partial charge in [-0.2, -0.15) is 0 Å². The monoisotopic (exact) mass is 629 g/mol. The quantitative estimate of drug-likeness (QED) is 0.287. The van der Waals surface area contributed by atoms with E-state index in [2.05, 4.69) is 19.6 Å². The minimum Gasteiger partial charge on any atom is -0.270 e. The maximum atomic E-state index is 14.3. The number of benzene rings is 3. The van der Waals surface area contributed by atoms with E-state index < -0.39 is 43.5 Å². The lowest BCUT2D eigenvalue weighted by molar-refractivity contribution is -0.138. The van der Waals surface area contributed by atoms with Crippen LogP contribution in [0.25, 0.3) is 0 Å². The molecule has 3 aromatic rings. The minimum atomic E-state index is -1.61. The zero-order valence-corrected chi connectivity index (χ0v) is 27.1. The maximum Gasteiger partial charge on any atom is 0.266 e. The summed E-state index contributed by atoms with van der Waals surface area (Å²) in [6, 6.07) is 24.2. The molecule has 0 spiro atoms. The second kappa shape index (κ2) is 11.1. The van der Waals surface area contributed by atoms with Crippen molar-refractivity contribution >= 4 is 60.1 Å². The van der Waals surface area contributed by atoms with E-state index in [-0.39, 0.29) is 40.0 Å². The van der Waals surface area contributed by atoms with Crippen LogP contribution in [0, 0.1) is 0 Å². The number of nitrogens with zero attached hydrogens (tertiary/aromatic N) is 3. The average molecular weight is 630 g/mol. The van der Waals surface area contributed by atoms with Gasteiger partial charge in [0.2, 0.25) is 0 Å². The summed E-state index contributed by atoms with van der Waals surface area (Å²) in [7, 11) is -1.61. The molecule has 10 heteroatoms. The summed E-state index contributed by atoms with van der Waals surface area (Å²) in [6.45, 7) is 9.32. The molecule has 0 unspecified atom stereocenters. The van der Waals surface area contributed by atoms with Crippen LogP contribution in [0.15, 0.2) is 118 Å². The first-order valence-corrected chi connectivity index (χ1v) is 18.3. The van der Waals surface area contributed by atoms with Crippen LogP contribution in [0.2, 0.25) is 19.6 Å². The third kappa shape index (κ3) is 4.78. The number of carbonyl (C=O) groups excluding carboxylic acids is 6. The van der Waals surface area contributed by atoms with Crippen molar-refractivity contribution in [2.75, 3.05) is 9.80 Å². The first-order chi connectivity index (χ1) is 21.8. The second-order valence-corrected chi connectivity index (χ2v) is 17.5. The molecule has 0 bridgehead atoms. The van der Waals surface area contributed by atoms with Gasteiger partial charge < -0.3 is 0 Å². The minimum absolute atomic E-state index is 0.0428. The molecule has 0 N–H and O–H groups in total. The van der Waals surface area contributed by atoms with E-state index in [1.165, 1.54) is 19.0 Å². The normalized spacial score (nSPS) is 17.6. The molecule has 0 radical (unpaired) electrons. The molecule has 0 saturated carbocycles. The zero-order chi connectivity index (χ0) is 33.1. The lowest BCUT2D eigenvalue weighted by Gasteiger charge is -2.19. The Bertz CT molecular complexity index is 1860. The highest BCUT2D eigenvalue weighted by molar-refractivity contribution is 6.88. The Hall–Kier alpha value is -5.48. The fraction of sp³-hybridized carbons (Fsp3) is 0.167. The van der Waals surface area contributed by atoms with Crippen LogP contribution in [0.4, 0.5) is 11.4 Å². The zero-order valence-electron chi connectivity index (χ0n) is 26.1. The topological polar surface area (TPSA) is 112 Å². The predicted octanol–water partition coefficient (Wildman–Crippen LogP) is 4.18. The lowest BCUT2D eigenvalue weighted by atomic mass is 9.92. The number of para-hydroxylation sites is 2. The van der Waals surface area contributed by atoms with Crippen LogP contribution in [-0.4, -0.2) is 48.4 Å². The van der Waals surface area contributed by atoms with Gasteiger partial charge in [0.1, 0.15) is 0 Å². The third-order valence-electron chi connectivity index (χ3n) is 8.49. The van der Waals surface area contributed by atoms with Crippen molar-refractivity contribution < 1.29 is 28.8 Å². The summed E-state index contributed by atoms with van der Waals surface area (Å²) in [4.78, 5) is 86.4. The fourth-order valence-electron chi connectivity index (χ4n) is 5.97. The molecule has 0 aromatic heterocycles. The first-order valence-electron chi connectivity index (χ1n) is 14.8. The van der Waals surface area contributed by atoms with E-state index in [1.807, 2.05) is 24.3 Å². The summed E-state index contributed by atoms with van der Waals surface area (Å²) in [5.41, 5.74) is -0.0784. The smallest absolute Gasteiger partial charge is 0.266 e. The van der Waals surface area contributed by atoms with Gasteiger partial charge >= 0.3 is 0 Å². The van der Waals surface area contributed by atoms with Gasteiger partial charge in [-0.05, 0) is 43.7 Å². The molecule has 6 rings (SSSR count). The fourth-order valence-corrected chi connectivity index (χ4v) is 7.13. The van der Waals surface area contributed by atoms with Crippen molar-refractivity contribution in [3.05, 3.63) is 124 Å². The Morgan fingerprint density at radius 2 is 0.870 bits per heavy atom. The van der Waals surface area contributed by atoms with Crippen LogP contribution in [-0.2, 0) is 35.3 Å². The number of carbonyl (C=O) groups is 6. The van der Waals surface area contributed by atoms with Crippen LogP contribution < -0.4 is 15.0 Å². The third-order valence-corrected chi connectivity index (χ3v) is 10.6. The standard InChI is InChI=1S/C36H31N3O6Si/c1-21-27(35(44)38(31(21)40)24-12-8-6-9-13-24)29-30(28-22(2)32(41)39(36(28)45)25-14-10-7-11-15-25)34(43)37(33(29)42)20-23-16-18-26(19-17-23)46(3,4)5/h6-19H,20H2,1-5H3. The highest BCUT2D eigenvalue weighted by atomic mass is 28.3. The summed E-state index contributed by atoms with van der Waals surface area (Å²) in [5.74, 6) is -4.53. The molecule has 6 amide bonds. The Kier molecular flexibility index (Phi) is 7.40. The number of hydrogen-bond donors (Lipinski definition) is 0. The Labute approximate surface area is 267 Å². The number of rotatable bonds is 7. The van der Waals surface area contributed by atoms with E-state index in [9.17, 15) is 28.8 Å². The molecule has 230 valence electrons. The molecule has 46 heavy (non-hydrogen) atoms. The molecular weight excluding hydrogens is 598 g/mol. The lowest BCUT2D eigenvalue weighted by Crippen LogP contribution is -2.37. The average Bonchev–Trinajstić information content (AvgIpc) is 3.50. The molecule has 3 aliphatic rings. The molecule has 3 heterocycles. The van der Waals surface area contributed by atoms with Gasteiger partial charge in [-0.3, -0.25) is 33.7 Å². The second-order valence-electron chi connectivity index (χ2n) is 12.5. The number of hydrogen-bond acceptors (Lipinski definition) is 6. The van der Waals surface area contributed by atoms with Crippen LogP contribution in [0.1, 0.15) is 19.4 Å². The van der Waals surface area contributed by atoms with Gasteiger partial charge in [0, 0.05) is 11.1 Å². The summed E-state index contributed by atoms with van der Waals surface area (Å²) in [5, 5.41) is 1.20. The van der Waals surface area contributed by atoms with Crippen molar-refractivity contribution in [1.29, 1.82) is 0 Å². The van der Waals surface area contributed by atoms with E-state index in [1.54, 1.807) is 60.7 Å². The molecule has 0 aliphatic carbocycles. The van der Waals surface area contributed by atoms with Gasteiger partial charge in [-0.15, -0.1) is 0 Å². The Balaban J connectivity index is 1.49. The van der Waals surface area contributed by atoms with E-state index in [4.69, 9.17) is 0 Å². The molecular formula is C36H31N3O6Si. The Morgan fingerprint density at radius 3 is 1.24 bits per heavy atom. The van der Waals surface area contributed by atoms with Gasteiger partial charge in [0.15, 0.2) is 0 Å². The molecule has 0 saturated heterocycles. The van der Waals surface area contributed by atoms with E-state index in [0.29, 0.717) is 16.9 Å². The van der Waals surface area contributed by atoms with Crippen LogP contribution in [0.3, 0.4) is 0 Å². The maximum absolute atomic E-state index is 14.3. The van der Waals surface area contributed by atoms with E-state index in [0.717, 1.165) is 14.7 Å². The first kappa shape index (κ1) is 30.5. The van der Waals surface area contributed by atoms with Gasteiger partial charge in [0.05, 0.1) is 48.3 Å². The van der Waals surface area contributed by atoms with Crippen molar-refractivity contribution in [2.24, 2.45) is 0 Å². The van der Waals surface area contributed by atoms with Gasteiger partial charge in [-0.25, -0.2) is 9.80 Å². The highest BCUT2D eigenvalue weighted by Crippen LogP contribution is 2.42. The summed E-state index contributed by atoms with van der Waals surface area (Å²) >= 11 is 0. The van der Waals surface area contributed by atoms with Crippen molar-refractivity contribution in [3.63, 3.8) is 0 Å². The highest BCUT2D eigenvalue weighted by Gasteiger charge is 2.52. The van der Waals surface area contributed by atoms with E-state index >= 15 is 0 Å². The molecule has 3 aliphatic heterocycles. The molecule has 9 nitrogen and oxygen atoms in total. The molecule has 3 aromatic carbocycles. The SMILES string of the molecule is CC1=C(C2=C(C3=C(C)C(=O)N(c4ccccc4)C3=O)C(=O)N(Cc3ccc([Si](C)(C)C)cc3)C2=O)C(=O)N(c2ccccc2)C1=O. The van der Waals surface area contributed by atoms with Gasteiger partial charge in [-0.1, -0.05) is 85.5 Å². The Morgan fingerprint density at radius 1 is 0.478 bits per heavy atom. The van der Waals surface area contributed by atoms with Crippen LogP contribution >= 0.6 is 0 Å².